The van der Waals surface area contributed by atoms with Crippen molar-refractivity contribution in [3.8, 4) is 0 Å². The molecule has 0 aliphatic carbocycles. The van der Waals surface area contributed by atoms with Crippen molar-refractivity contribution in [2.45, 2.75) is 32.2 Å². The van der Waals surface area contributed by atoms with Crippen LogP contribution in [0.25, 0.3) is 0 Å². The van der Waals surface area contributed by atoms with Gasteiger partial charge >= 0.3 is 6.03 Å². The van der Waals surface area contributed by atoms with E-state index in [1.54, 1.807) is 0 Å². The quantitative estimate of drug-likeness (QED) is 0.544. The maximum Gasteiger partial charge on any atom is 0.318 e. The standard InChI is InChI=1S/C7H15N3O2/c1-2-3-4-5(8)6(11)10-7(9)12/h5H,2-4,8H2,1H3,(H3,9,10,11,12)/t5-/m0/s1. The van der Waals surface area contributed by atoms with E-state index >= 15 is 0 Å². The molecule has 0 heterocycles. The molecule has 0 aromatic heterocycles. The van der Waals surface area contributed by atoms with Gasteiger partial charge in [0.05, 0.1) is 6.04 Å². The van der Waals surface area contributed by atoms with Gasteiger partial charge in [0.1, 0.15) is 0 Å². The normalized spacial score (nSPS) is 12.2. The van der Waals surface area contributed by atoms with Gasteiger partial charge in [0.2, 0.25) is 5.91 Å². The van der Waals surface area contributed by atoms with Crippen LogP contribution in [0.15, 0.2) is 0 Å². The van der Waals surface area contributed by atoms with Gasteiger partial charge in [-0.15, -0.1) is 0 Å². The molecule has 0 unspecified atom stereocenters. The van der Waals surface area contributed by atoms with Crippen LogP contribution in [0.5, 0.6) is 0 Å². The fourth-order valence-corrected chi connectivity index (χ4v) is 0.769. The fraction of sp³-hybridized carbons (Fsp3) is 0.714. The van der Waals surface area contributed by atoms with Crippen LogP contribution in [0.2, 0.25) is 0 Å². The van der Waals surface area contributed by atoms with Gasteiger partial charge < -0.3 is 11.5 Å². The number of nitrogens with one attached hydrogen (secondary N) is 1. The van der Waals surface area contributed by atoms with Crippen molar-refractivity contribution in [1.29, 1.82) is 0 Å². The summed E-state index contributed by atoms with van der Waals surface area (Å²) >= 11 is 0. The lowest BCUT2D eigenvalue weighted by atomic mass is 10.1. The van der Waals surface area contributed by atoms with Crippen molar-refractivity contribution in [1.82, 2.24) is 5.32 Å². The van der Waals surface area contributed by atoms with E-state index in [0.717, 1.165) is 12.8 Å². The molecule has 0 aromatic rings. The summed E-state index contributed by atoms with van der Waals surface area (Å²) in [7, 11) is 0. The Bertz CT molecular complexity index is 170. The lowest BCUT2D eigenvalue weighted by Crippen LogP contribution is -2.45. The summed E-state index contributed by atoms with van der Waals surface area (Å²) in [6, 6.07) is -1.48. The van der Waals surface area contributed by atoms with Gasteiger partial charge in [-0.05, 0) is 6.42 Å². The second kappa shape index (κ2) is 5.54. The lowest BCUT2D eigenvalue weighted by Gasteiger charge is -2.08. The van der Waals surface area contributed by atoms with Crippen LogP contribution in [0.3, 0.4) is 0 Å². The first kappa shape index (κ1) is 10.9. The molecule has 0 radical (unpaired) electrons. The number of amides is 3. The number of imide groups is 1. The summed E-state index contributed by atoms with van der Waals surface area (Å²) < 4.78 is 0. The van der Waals surface area contributed by atoms with Gasteiger partial charge in [-0.2, -0.15) is 0 Å². The topological polar surface area (TPSA) is 98.2 Å². The minimum Gasteiger partial charge on any atom is -0.351 e. The van der Waals surface area contributed by atoms with Crippen molar-refractivity contribution in [2.24, 2.45) is 11.5 Å². The summed E-state index contributed by atoms with van der Waals surface area (Å²) in [6.45, 7) is 2.00. The van der Waals surface area contributed by atoms with E-state index < -0.39 is 18.0 Å². The molecule has 0 rings (SSSR count). The number of rotatable bonds is 4. The highest BCUT2D eigenvalue weighted by Crippen LogP contribution is 1.97. The highest BCUT2D eigenvalue weighted by Gasteiger charge is 2.13. The average molecular weight is 173 g/mol. The molecule has 5 nitrogen and oxygen atoms in total. The Morgan fingerprint density at radius 1 is 1.50 bits per heavy atom. The molecule has 0 spiro atoms. The zero-order valence-corrected chi connectivity index (χ0v) is 7.17. The maximum absolute atomic E-state index is 10.9. The Morgan fingerprint density at radius 3 is 2.50 bits per heavy atom. The summed E-state index contributed by atoms with van der Waals surface area (Å²) in [4.78, 5) is 21.1. The highest BCUT2D eigenvalue weighted by molar-refractivity contribution is 5.96. The molecule has 3 amide bonds. The van der Waals surface area contributed by atoms with Crippen LogP contribution in [0.4, 0.5) is 4.79 Å². The molecule has 0 bridgehead atoms. The van der Waals surface area contributed by atoms with Crippen molar-refractivity contribution >= 4 is 11.9 Å². The predicted octanol–water partition coefficient (Wildman–Crippen LogP) is -0.301. The Labute approximate surface area is 71.5 Å². The number of unbranched alkanes of at least 4 members (excludes halogenated alkanes) is 1. The molecular formula is C7H15N3O2. The van der Waals surface area contributed by atoms with E-state index in [0.29, 0.717) is 6.42 Å². The van der Waals surface area contributed by atoms with Crippen molar-refractivity contribution in [2.75, 3.05) is 0 Å². The van der Waals surface area contributed by atoms with Crippen LogP contribution in [0.1, 0.15) is 26.2 Å². The summed E-state index contributed by atoms with van der Waals surface area (Å²) in [6.07, 6.45) is 2.42. The van der Waals surface area contributed by atoms with E-state index in [1.165, 1.54) is 0 Å². The second-order valence-corrected chi connectivity index (χ2v) is 2.60. The minimum atomic E-state index is -0.855. The molecule has 0 saturated heterocycles. The zero-order chi connectivity index (χ0) is 9.56. The second-order valence-electron chi connectivity index (χ2n) is 2.60. The number of nitrogens with two attached hydrogens (primary N) is 2. The van der Waals surface area contributed by atoms with E-state index in [9.17, 15) is 9.59 Å². The Kier molecular flexibility index (Phi) is 5.03. The van der Waals surface area contributed by atoms with E-state index in [-0.39, 0.29) is 0 Å². The smallest absolute Gasteiger partial charge is 0.318 e. The molecular weight excluding hydrogens is 158 g/mol. The highest BCUT2D eigenvalue weighted by atomic mass is 16.2. The van der Waals surface area contributed by atoms with Gasteiger partial charge in [0, 0.05) is 0 Å². The minimum absolute atomic E-state index is 0.504. The average Bonchev–Trinajstić information content (AvgIpc) is 1.98. The third-order valence-corrected chi connectivity index (χ3v) is 1.45. The van der Waals surface area contributed by atoms with Crippen molar-refractivity contribution in [3.05, 3.63) is 0 Å². The summed E-state index contributed by atoms with van der Waals surface area (Å²) in [5, 5.41) is 1.93. The molecule has 0 saturated carbocycles. The largest absolute Gasteiger partial charge is 0.351 e. The van der Waals surface area contributed by atoms with Crippen LogP contribution < -0.4 is 16.8 Å². The number of carbonyl (C=O) groups is 2. The summed E-state index contributed by atoms with van der Waals surface area (Å²) in [5.41, 5.74) is 10.2. The number of carbonyl (C=O) groups excluding carboxylic acids is 2. The third kappa shape index (κ3) is 4.68. The monoisotopic (exact) mass is 173 g/mol. The number of hydrogen-bond acceptors (Lipinski definition) is 3. The van der Waals surface area contributed by atoms with Gasteiger partial charge in [-0.25, -0.2) is 4.79 Å². The molecule has 0 fully saturated rings. The number of primary amides is 1. The first-order valence-electron chi connectivity index (χ1n) is 3.93. The summed E-state index contributed by atoms with van der Waals surface area (Å²) in [5.74, 6) is -0.504. The van der Waals surface area contributed by atoms with Gasteiger partial charge in [-0.1, -0.05) is 19.8 Å². The van der Waals surface area contributed by atoms with Crippen LogP contribution in [0, 0.1) is 0 Å². The lowest BCUT2D eigenvalue weighted by molar-refractivity contribution is -0.121. The van der Waals surface area contributed by atoms with Gasteiger partial charge in [0.15, 0.2) is 0 Å². The van der Waals surface area contributed by atoms with Gasteiger partial charge in [-0.3, -0.25) is 10.1 Å². The van der Waals surface area contributed by atoms with Crippen molar-refractivity contribution < 1.29 is 9.59 Å². The number of urea groups is 1. The first-order valence-corrected chi connectivity index (χ1v) is 3.93. The SMILES string of the molecule is CCCC[C@H](N)C(=O)NC(N)=O. The van der Waals surface area contributed by atoms with Crippen molar-refractivity contribution in [3.63, 3.8) is 0 Å². The first-order chi connectivity index (χ1) is 5.57. The van der Waals surface area contributed by atoms with Crippen LogP contribution in [-0.2, 0) is 4.79 Å². The molecule has 0 aliphatic heterocycles. The van der Waals surface area contributed by atoms with E-state index in [4.69, 9.17) is 11.5 Å². The fourth-order valence-electron chi connectivity index (χ4n) is 0.769. The van der Waals surface area contributed by atoms with Crippen LogP contribution >= 0.6 is 0 Å². The molecule has 5 heteroatoms. The molecule has 0 aromatic carbocycles. The molecule has 12 heavy (non-hydrogen) atoms. The Balaban J connectivity index is 3.69. The predicted molar refractivity (Wildman–Crippen MR) is 45.2 cm³/mol. The Hall–Kier alpha value is -1.10. The zero-order valence-electron chi connectivity index (χ0n) is 7.17. The molecule has 70 valence electrons. The van der Waals surface area contributed by atoms with Gasteiger partial charge in [0.25, 0.3) is 0 Å². The molecule has 0 aliphatic rings. The molecule has 1 atom stereocenters. The number of hydrogen-bond donors (Lipinski definition) is 3. The molecule has 5 N–H and O–H groups in total. The van der Waals surface area contributed by atoms with E-state index in [1.807, 2.05) is 12.2 Å². The van der Waals surface area contributed by atoms with Crippen LogP contribution in [-0.4, -0.2) is 18.0 Å². The Morgan fingerprint density at radius 2 is 2.08 bits per heavy atom. The van der Waals surface area contributed by atoms with E-state index in [2.05, 4.69) is 0 Å². The maximum atomic E-state index is 10.9. The third-order valence-electron chi connectivity index (χ3n) is 1.45.